The second kappa shape index (κ2) is 7.41. The summed E-state index contributed by atoms with van der Waals surface area (Å²) in [6.45, 7) is 4.40. The number of carboxylic acid groups (broad SMARTS) is 1. The van der Waals surface area contributed by atoms with Gasteiger partial charge in [0.15, 0.2) is 13.0 Å². The van der Waals surface area contributed by atoms with E-state index >= 15 is 0 Å². The molecule has 2 N–H and O–H groups in total. The number of nitrogens with one attached hydrogen (secondary N) is 1. The summed E-state index contributed by atoms with van der Waals surface area (Å²) in [5.41, 5.74) is 0.951. The lowest BCUT2D eigenvalue weighted by atomic mass is 9.93. The third kappa shape index (κ3) is 4.68. The summed E-state index contributed by atoms with van der Waals surface area (Å²) in [4.78, 5) is 16.0. The van der Waals surface area contributed by atoms with E-state index in [4.69, 9.17) is 5.11 Å². The van der Waals surface area contributed by atoms with E-state index in [1.54, 1.807) is 0 Å². The molecule has 6 heteroatoms. The topological polar surface area (TPSA) is 62.2 Å². The van der Waals surface area contributed by atoms with Crippen LogP contribution >= 0.6 is 11.3 Å². The van der Waals surface area contributed by atoms with E-state index in [9.17, 15) is 4.79 Å². The first kappa shape index (κ1) is 15.0. The van der Waals surface area contributed by atoms with Gasteiger partial charge in [-0.1, -0.05) is 39.5 Å². The molecule has 1 unspecified atom stereocenters. The van der Waals surface area contributed by atoms with Crippen molar-refractivity contribution in [1.29, 1.82) is 0 Å². The highest BCUT2D eigenvalue weighted by Gasteiger charge is 2.14. The Labute approximate surface area is 113 Å². The fourth-order valence-electron chi connectivity index (χ4n) is 2.02. The Bertz CT molecular complexity index is 395. The summed E-state index contributed by atoms with van der Waals surface area (Å²) in [6, 6.07) is 0. The van der Waals surface area contributed by atoms with Crippen LogP contribution in [0.2, 0.25) is 0 Å². The molecule has 0 aliphatic heterocycles. The van der Waals surface area contributed by atoms with Crippen molar-refractivity contribution in [2.75, 3.05) is 5.32 Å². The molecule has 0 aromatic carbocycles. The molecule has 0 radical (unpaired) electrons. The molecule has 0 aliphatic rings. The normalized spacial score (nSPS) is 12.3. The number of hydrogen-bond donors (Lipinski definition) is 2. The molecule has 1 rings (SSSR count). The van der Waals surface area contributed by atoms with Crippen molar-refractivity contribution in [2.45, 2.75) is 51.9 Å². The third-order valence-corrected chi connectivity index (χ3v) is 4.29. The number of aromatic nitrogens is 1. The number of nitrogens with zero attached hydrogens (tertiary/aromatic N) is 1. The van der Waals surface area contributed by atoms with Gasteiger partial charge in [-0.05, 0) is 12.3 Å². The molecule has 0 bridgehead atoms. The van der Waals surface area contributed by atoms with Crippen LogP contribution in [0.15, 0.2) is 0 Å². The summed E-state index contributed by atoms with van der Waals surface area (Å²) in [5.74, 6) is 0.462. The minimum atomic E-state index is -1.05. The van der Waals surface area contributed by atoms with E-state index in [0.29, 0.717) is 11.0 Å². The number of rotatable bonds is 7. The molecule has 1 aromatic rings. The molecule has 0 aliphatic carbocycles. The SMILES string of the molecule is Bc1nc(NC(=O)O)sc1C(C)CCCCCC. The predicted molar refractivity (Wildman–Crippen MR) is 79.1 cm³/mol. The molecule has 1 amide bonds. The van der Waals surface area contributed by atoms with Crippen molar-refractivity contribution in [3.8, 4) is 0 Å². The molecule has 1 atom stereocenters. The van der Waals surface area contributed by atoms with Crippen LogP contribution in [-0.4, -0.2) is 24.0 Å². The standard InChI is InChI=1S/C12H21BN2O2S/c1-3-4-5-6-7-8(2)9-10(13)14-11(18-9)15-12(16)17/h8H,3-7,13H2,1-2H3,(H,14,15)(H,16,17). The maximum atomic E-state index is 10.6. The minimum Gasteiger partial charge on any atom is -0.465 e. The molecular weight excluding hydrogens is 247 g/mol. The average Bonchev–Trinajstić information content (AvgIpc) is 2.64. The van der Waals surface area contributed by atoms with Crippen LogP contribution in [0.3, 0.4) is 0 Å². The van der Waals surface area contributed by atoms with Crippen LogP contribution in [0.5, 0.6) is 0 Å². The van der Waals surface area contributed by atoms with E-state index in [1.165, 1.54) is 41.9 Å². The zero-order valence-electron chi connectivity index (χ0n) is 11.3. The second-order valence-corrected chi connectivity index (χ2v) is 5.68. The first-order chi connectivity index (χ1) is 8.54. The van der Waals surface area contributed by atoms with Gasteiger partial charge in [0.2, 0.25) is 0 Å². The molecule has 1 heterocycles. The molecule has 0 saturated carbocycles. The maximum absolute atomic E-state index is 10.6. The highest BCUT2D eigenvalue weighted by Crippen LogP contribution is 2.27. The number of carbonyl (C=O) groups is 1. The summed E-state index contributed by atoms with van der Waals surface area (Å²) < 4.78 is 0. The number of thiazole rings is 1. The fraction of sp³-hybridized carbons (Fsp3) is 0.667. The quantitative estimate of drug-likeness (QED) is 0.590. The second-order valence-electron chi connectivity index (χ2n) is 4.65. The maximum Gasteiger partial charge on any atom is 0.410 e. The zero-order chi connectivity index (χ0) is 13.5. The first-order valence-electron chi connectivity index (χ1n) is 6.51. The number of anilines is 1. The Kier molecular flexibility index (Phi) is 6.19. The van der Waals surface area contributed by atoms with Crippen molar-refractivity contribution < 1.29 is 9.90 Å². The van der Waals surface area contributed by atoms with Crippen LogP contribution in [0.25, 0.3) is 0 Å². The van der Waals surface area contributed by atoms with Gasteiger partial charge in [0.05, 0.1) is 0 Å². The van der Waals surface area contributed by atoms with Crippen molar-refractivity contribution in [1.82, 2.24) is 4.98 Å². The number of hydrogen-bond acceptors (Lipinski definition) is 3. The smallest absolute Gasteiger partial charge is 0.410 e. The molecule has 18 heavy (non-hydrogen) atoms. The van der Waals surface area contributed by atoms with E-state index in [2.05, 4.69) is 24.1 Å². The Hall–Kier alpha value is -1.04. The van der Waals surface area contributed by atoms with Crippen molar-refractivity contribution >= 4 is 36.0 Å². The first-order valence-corrected chi connectivity index (χ1v) is 7.33. The molecule has 0 fully saturated rings. The third-order valence-electron chi connectivity index (χ3n) is 2.98. The molecule has 100 valence electrons. The fourth-order valence-corrected chi connectivity index (χ4v) is 3.06. The van der Waals surface area contributed by atoms with Gasteiger partial charge in [0.25, 0.3) is 0 Å². The summed E-state index contributed by atoms with van der Waals surface area (Å²) in [6.07, 6.45) is 5.15. The van der Waals surface area contributed by atoms with Gasteiger partial charge in [-0.25, -0.2) is 9.78 Å². The Morgan fingerprint density at radius 2 is 2.22 bits per heavy atom. The molecule has 0 saturated heterocycles. The summed E-state index contributed by atoms with van der Waals surface area (Å²) >= 11 is 1.46. The van der Waals surface area contributed by atoms with Crippen LogP contribution in [0.4, 0.5) is 9.93 Å². The lowest BCUT2D eigenvalue weighted by molar-refractivity contribution is 0.209. The predicted octanol–water partition coefficient (Wildman–Crippen LogP) is 2.57. The highest BCUT2D eigenvalue weighted by molar-refractivity contribution is 7.16. The lowest BCUT2D eigenvalue weighted by Crippen LogP contribution is -2.13. The van der Waals surface area contributed by atoms with Crippen molar-refractivity contribution in [3.63, 3.8) is 0 Å². The summed E-state index contributed by atoms with van der Waals surface area (Å²) in [5, 5.41) is 11.5. The van der Waals surface area contributed by atoms with Crippen LogP contribution in [0, 0.1) is 0 Å². The van der Waals surface area contributed by atoms with Crippen molar-refractivity contribution in [3.05, 3.63) is 4.88 Å². The molecule has 1 aromatic heterocycles. The van der Waals surface area contributed by atoms with Crippen LogP contribution in [0.1, 0.15) is 56.7 Å². The van der Waals surface area contributed by atoms with Gasteiger partial charge in [0.1, 0.15) is 0 Å². The van der Waals surface area contributed by atoms with Crippen LogP contribution < -0.4 is 10.9 Å². The minimum absolute atomic E-state index is 0.462. The van der Waals surface area contributed by atoms with Gasteiger partial charge in [-0.2, -0.15) is 0 Å². The molecular formula is C12H21BN2O2S. The van der Waals surface area contributed by atoms with E-state index in [-0.39, 0.29) is 0 Å². The van der Waals surface area contributed by atoms with Gasteiger partial charge in [-0.3, -0.25) is 5.32 Å². The largest absolute Gasteiger partial charge is 0.465 e. The zero-order valence-corrected chi connectivity index (χ0v) is 12.1. The molecule has 0 spiro atoms. The van der Waals surface area contributed by atoms with Crippen LogP contribution in [-0.2, 0) is 0 Å². The lowest BCUT2D eigenvalue weighted by Gasteiger charge is -2.09. The Morgan fingerprint density at radius 3 is 2.83 bits per heavy atom. The van der Waals surface area contributed by atoms with Gasteiger partial charge in [-0.15, -0.1) is 11.3 Å². The van der Waals surface area contributed by atoms with E-state index in [0.717, 1.165) is 12.0 Å². The van der Waals surface area contributed by atoms with Gasteiger partial charge >= 0.3 is 6.09 Å². The van der Waals surface area contributed by atoms with E-state index in [1.807, 2.05) is 7.85 Å². The number of amides is 1. The average molecular weight is 268 g/mol. The summed E-state index contributed by atoms with van der Waals surface area (Å²) in [7, 11) is 1.95. The van der Waals surface area contributed by atoms with Gasteiger partial charge in [0, 0.05) is 10.5 Å². The highest BCUT2D eigenvalue weighted by atomic mass is 32.1. The number of unbranched alkanes of at least 4 members (excludes halogenated alkanes) is 3. The van der Waals surface area contributed by atoms with E-state index < -0.39 is 6.09 Å². The van der Waals surface area contributed by atoms with Gasteiger partial charge < -0.3 is 5.11 Å². The monoisotopic (exact) mass is 268 g/mol. The Morgan fingerprint density at radius 1 is 1.50 bits per heavy atom. The molecule has 4 nitrogen and oxygen atoms in total. The van der Waals surface area contributed by atoms with Crippen molar-refractivity contribution in [2.24, 2.45) is 0 Å². The Balaban J connectivity index is 2.53.